The SMILES string of the molecule is CN(C(=O)Nc1ccc(-c2cc(F)cc(F)c2)cc1)C1CC[C@@H](NS(C)(=O)=O)NC1. The Balaban J connectivity index is 1.57. The second-order valence-electron chi connectivity index (χ2n) is 7.36. The Morgan fingerprint density at radius 1 is 1.07 bits per heavy atom. The highest BCUT2D eigenvalue weighted by atomic mass is 32.2. The van der Waals surface area contributed by atoms with Gasteiger partial charge in [0.2, 0.25) is 10.0 Å². The van der Waals surface area contributed by atoms with Gasteiger partial charge in [-0.2, -0.15) is 4.72 Å². The molecular weight excluding hydrogens is 414 g/mol. The lowest BCUT2D eigenvalue weighted by molar-refractivity contribution is 0.180. The summed E-state index contributed by atoms with van der Waals surface area (Å²) in [5.41, 5.74) is 1.58. The molecule has 2 amide bonds. The largest absolute Gasteiger partial charge is 0.323 e. The summed E-state index contributed by atoms with van der Waals surface area (Å²) in [7, 11) is -1.62. The highest BCUT2D eigenvalue weighted by molar-refractivity contribution is 7.88. The van der Waals surface area contributed by atoms with E-state index >= 15 is 0 Å². The van der Waals surface area contributed by atoms with Crippen LogP contribution in [0.15, 0.2) is 42.5 Å². The third-order valence-electron chi connectivity index (χ3n) is 4.94. The van der Waals surface area contributed by atoms with Crippen LogP contribution in [0.3, 0.4) is 0 Å². The van der Waals surface area contributed by atoms with Crippen molar-refractivity contribution in [2.45, 2.75) is 25.0 Å². The maximum absolute atomic E-state index is 13.4. The molecule has 0 aliphatic carbocycles. The number of carbonyl (C=O) groups excluding carboxylic acids is 1. The summed E-state index contributed by atoms with van der Waals surface area (Å²) >= 11 is 0. The summed E-state index contributed by atoms with van der Waals surface area (Å²) in [6.07, 6.45) is 1.98. The van der Waals surface area contributed by atoms with Crippen LogP contribution in [0.5, 0.6) is 0 Å². The zero-order chi connectivity index (χ0) is 21.9. The van der Waals surface area contributed by atoms with Crippen molar-refractivity contribution in [1.29, 1.82) is 0 Å². The number of hydrogen-bond donors (Lipinski definition) is 3. The first kappa shape index (κ1) is 22.1. The summed E-state index contributed by atoms with van der Waals surface area (Å²) in [6.45, 7) is 0.460. The van der Waals surface area contributed by atoms with Gasteiger partial charge in [-0.3, -0.25) is 5.32 Å². The molecule has 1 unspecified atom stereocenters. The van der Waals surface area contributed by atoms with Crippen LogP contribution < -0.4 is 15.4 Å². The van der Waals surface area contributed by atoms with Crippen LogP contribution in [0, 0.1) is 11.6 Å². The Bertz CT molecular complexity index is 987. The number of carbonyl (C=O) groups is 1. The van der Waals surface area contributed by atoms with Crippen LogP contribution in [0.4, 0.5) is 19.3 Å². The van der Waals surface area contributed by atoms with E-state index in [9.17, 15) is 22.0 Å². The molecule has 2 aromatic rings. The van der Waals surface area contributed by atoms with Gasteiger partial charge in [-0.05, 0) is 48.2 Å². The molecule has 2 atom stereocenters. The van der Waals surface area contributed by atoms with Crippen molar-refractivity contribution in [1.82, 2.24) is 14.9 Å². The van der Waals surface area contributed by atoms with Crippen molar-refractivity contribution >= 4 is 21.7 Å². The normalized spacial score (nSPS) is 19.3. The van der Waals surface area contributed by atoms with Gasteiger partial charge < -0.3 is 10.2 Å². The number of rotatable bonds is 5. The molecule has 2 aromatic carbocycles. The van der Waals surface area contributed by atoms with Crippen molar-refractivity contribution in [3.63, 3.8) is 0 Å². The molecule has 0 saturated carbocycles. The van der Waals surface area contributed by atoms with Crippen LogP contribution in [0.25, 0.3) is 11.1 Å². The van der Waals surface area contributed by atoms with Gasteiger partial charge in [-0.1, -0.05) is 12.1 Å². The number of benzene rings is 2. The number of nitrogens with zero attached hydrogens (tertiary/aromatic N) is 1. The van der Waals surface area contributed by atoms with E-state index < -0.39 is 21.7 Å². The third-order valence-corrected chi connectivity index (χ3v) is 5.66. The van der Waals surface area contributed by atoms with Gasteiger partial charge in [0.25, 0.3) is 0 Å². The minimum atomic E-state index is -3.29. The van der Waals surface area contributed by atoms with Crippen molar-refractivity contribution in [2.75, 3.05) is 25.2 Å². The molecule has 3 N–H and O–H groups in total. The number of urea groups is 1. The smallest absolute Gasteiger partial charge is 0.321 e. The zero-order valence-electron chi connectivity index (χ0n) is 16.7. The van der Waals surface area contributed by atoms with Gasteiger partial charge >= 0.3 is 6.03 Å². The monoisotopic (exact) mass is 438 g/mol. The highest BCUT2D eigenvalue weighted by Gasteiger charge is 2.27. The number of sulfonamides is 1. The van der Waals surface area contributed by atoms with Crippen molar-refractivity contribution in [3.8, 4) is 11.1 Å². The third kappa shape index (κ3) is 5.97. The van der Waals surface area contributed by atoms with E-state index in [2.05, 4.69) is 15.4 Å². The molecule has 1 fully saturated rings. The molecule has 1 heterocycles. The zero-order valence-corrected chi connectivity index (χ0v) is 17.5. The molecule has 0 aromatic heterocycles. The molecule has 162 valence electrons. The maximum Gasteiger partial charge on any atom is 0.321 e. The lowest BCUT2D eigenvalue weighted by atomic mass is 10.0. The Hall–Kier alpha value is -2.56. The highest BCUT2D eigenvalue weighted by Crippen LogP contribution is 2.24. The average Bonchev–Trinajstić information content (AvgIpc) is 2.66. The average molecular weight is 439 g/mol. The van der Waals surface area contributed by atoms with Crippen molar-refractivity contribution in [2.24, 2.45) is 0 Å². The fourth-order valence-electron chi connectivity index (χ4n) is 3.38. The summed E-state index contributed by atoms with van der Waals surface area (Å²) < 4.78 is 51.9. The number of nitrogens with one attached hydrogen (secondary N) is 3. The molecule has 1 aliphatic rings. The topological polar surface area (TPSA) is 90.5 Å². The molecule has 0 radical (unpaired) electrons. The molecular formula is C20H24F2N4O3S. The van der Waals surface area contributed by atoms with Crippen molar-refractivity contribution < 1.29 is 22.0 Å². The van der Waals surface area contributed by atoms with E-state index in [1.54, 1.807) is 36.2 Å². The molecule has 3 rings (SSSR count). The summed E-state index contributed by atoms with van der Waals surface area (Å²) in [6, 6.07) is 9.58. The fraction of sp³-hybridized carbons (Fsp3) is 0.350. The standard InChI is InChI=1S/C20H24F2N4O3S/c1-26(18-7-8-19(23-12-18)25-30(2,28)29)20(27)24-17-5-3-13(4-6-17)14-9-15(21)11-16(22)10-14/h3-6,9-11,18-19,23,25H,7-8,12H2,1-2H3,(H,24,27)/t18?,19-/m1/s1. The van der Waals surface area contributed by atoms with E-state index in [-0.39, 0.29) is 18.2 Å². The first-order valence-electron chi connectivity index (χ1n) is 9.42. The van der Waals surface area contributed by atoms with E-state index in [0.29, 0.717) is 36.2 Å². The quantitative estimate of drug-likeness (QED) is 0.670. The van der Waals surface area contributed by atoms with Gasteiger partial charge in [0, 0.05) is 31.4 Å². The van der Waals surface area contributed by atoms with Crippen LogP contribution in [0.2, 0.25) is 0 Å². The van der Waals surface area contributed by atoms with Crippen LogP contribution in [-0.2, 0) is 10.0 Å². The fourth-order valence-corrected chi connectivity index (χ4v) is 4.09. The molecule has 7 nitrogen and oxygen atoms in total. The lowest BCUT2D eigenvalue weighted by Crippen LogP contribution is -2.56. The minimum Gasteiger partial charge on any atom is -0.323 e. The molecule has 0 spiro atoms. The maximum atomic E-state index is 13.4. The second kappa shape index (κ2) is 9.07. The van der Waals surface area contributed by atoms with Gasteiger partial charge in [0.1, 0.15) is 11.6 Å². The lowest BCUT2D eigenvalue weighted by Gasteiger charge is -2.35. The van der Waals surface area contributed by atoms with E-state index in [0.717, 1.165) is 12.3 Å². The molecule has 1 saturated heterocycles. The predicted octanol–water partition coefficient (Wildman–Crippen LogP) is 2.72. The summed E-state index contributed by atoms with van der Waals surface area (Å²) in [5.74, 6) is -1.31. The van der Waals surface area contributed by atoms with Crippen LogP contribution in [0.1, 0.15) is 12.8 Å². The predicted molar refractivity (Wildman–Crippen MR) is 111 cm³/mol. The Morgan fingerprint density at radius 3 is 2.23 bits per heavy atom. The Kier molecular flexibility index (Phi) is 6.69. The van der Waals surface area contributed by atoms with Crippen LogP contribution in [-0.4, -0.2) is 51.4 Å². The second-order valence-corrected chi connectivity index (χ2v) is 9.14. The van der Waals surface area contributed by atoms with Gasteiger partial charge in [0.05, 0.1) is 12.4 Å². The van der Waals surface area contributed by atoms with E-state index in [1.165, 1.54) is 12.1 Å². The van der Waals surface area contributed by atoms with Gasteiger partial charge in [-0.25, -0.2) is 22.0 Å². The summed E-state index contributed by atoms with van der Waals surface area (Å²) in [4.78, 5) is 14.1. The number of amides is 2. The molecule has 30 heavy (non-hydrogen) atoms. The van der Waals surface area contributed by atoms with Gasteiger partial charge in [0.15, 0.2) is 0 Å². The first-order chi connectivity index (χ1) is 14.1. The van der Waals surface area contributed by atoms with E-state index in [1.807, 2.05) is 0 Å². The van der Waals surface area contributed by atoms with Crippen LogP contribution >= 0.6 is 0 Å². The van der Waals surface area contributed by atoms with Gasteiger partial charge in [-0.15, -0.1) is 0 Å². The minimum absolute atomic E-state index is 0.0860. The molecule has 1 aliphatic heterocycles. The Morgan fingerprint density at radius 2 is 1.70 bits per heavy atom. The molecule has 0 bridgehead atoms. The number of piperidine rings is 1. The molecule has 10 heteroatoms. The van der Waals surface area contributed by atoms with E-state index in [4.69, 9.17) is 0 Å². The number of likely N-dealkylation sites (N-methyl/N-ethyl adjacent to an activating group) is 1. The first-order valence-corrected chi connectivity index (χ1v) is 11.3. The number of anilines is 1. The number of halogens is 2. The Labute approximate surface area is 174 Å². The number of hydrogen-bond acceptors (Lipinski definition) is 4. The summed E-state index contributed by atoms with van der Waals surface area (Å²) in [5, 5.41) is 5.88. The van der Waals surface area contributed by atoms with Crippen molar-refractivity contribution in [3.05, 3.63) is 54.1 Å².